The van der Waals surface area contributed by atoms with Crippen molar-refractivity contribution in [1.82, 2.24) is 0 Å². The summed E-state index contributed by atoms with van der Waals surface area (Å²) in [5, 5.41) is 0. The summed E-state index contributed by atoms with van der Waals surface area (Å²) in [4.78, 5) is 18.3. The molecule has 14 heavy (non-hydrogen) atoms. The number of aliphatic imine (C=N–C) groups is 1. The molecule has 0 aromatic rings. The highest BCUT2D eigenvalue weighted by Gasteiger charge is 2.12. The van der Waals surface area contributed by atoms with Gasteiger partial charge in [0.2, 0.25) is 0 Å². The van der Waals surface area contributed by atoms with Crippen LogP contribution in [0.3, 0.4) is 0 Å². The van der Waals surface area contributed by atoms with Crippen LogP contribution in [0.5, 0.6) is 0 Å². The lowest BCUT2D eigenvalue weighted by molar-refractivity contribution is -0.145. The number of nitrogens with two attached hydrogens (primary N) is 4. The summed E-state index contributed by atoms with van der Waals surface area (Å²) in [5.41, 5.74) is 15.5. The second-order valence-electron chi connectivity index (χ2n) is 2.49. The van der Waals surface area contributed by atoms with E-state index in [1.54, 1.807) is 0 Å². The molecule has 0 aliphatic rings. The molecule has 84 valence electrons. The standard InChI is InChI=1S/C6H15N5O2.ClH/c7-4(5(12)13-10)2-1-3-11-6(8)9;/h4H,1-3,7,10H2,(H4,8,9,11);1H/t4-;/m0./s1. The molecule has 0 aliphatic carbocycles. The van der Waals surface area contributed by atoms with Crippen LogP contribution in [-0.4, -0.2) is 24.5 Å². The zero-order valence-corrected chi connectivity index (χ0v) is 8.50. The van der Waals surface area contributed by atoms with Gasteiger partial charge in [0.25, 0.3) is 0 Å². The van der Waals surface area contributed by atoms with Gasteiger partial charge >= 0.3 is 5.97 Å². The van der Waals surface area contributed by atoms with Crippen molar-refractivity contribution in [3.63, 3.8) is 0 Å². The van der Waals surface area contributed by atoms with E-state index in [-0.39, 0.29) is 18.4 Å². The van der Waals surface area contributed by atoms with E-state index in [1.807, 2.05) is 0 Å². The van der Waals surface area contributed by atoms with Gasteiger partial charge < -0.3 is 22.0 Å². The van der Waals surface area contributed by atoms with Crippen LogP contribution < -0.4 is 23.1 Å². The summed E-state index contributed by atoms with van der Waals surface area (Å²) in [7, 11) is 0. The second-order valence-corrected chi connectivity index (χ2v) is 2.49. The Bertz CT molecular complexity index is 195. The minimum atomic E-state index is -0.709. The second kappa shape index (κ2) is 8.54. The molecule has 8 heteroatoms. The Morgan fingerprint density at radius 1 is 1.43 bits per heavy atom. The Kier molecular flexibility index (Phi) is 9.41. The van der Waals surface area contributed by atoms with Gasteiger partial charge in [-0.25, -0.2) is 4.79 Å². The number of nitrogens with zero attached hydrogens (tertiary/aromatic N) is 1. The van der Waals surface area contributed by atoms with E-state index >= 15 is 0 Å². The highest BCUT2D eigenvalue weighted by Crippen LogP contribution is 1.95. The Labute approximate surface area is 88.2 Å². The van der Waals surface area contributed by atoms with E-state index in [4.69, 9.17) is 17.2 Å². The monoisotopic (exact) mass is 225 g/mol. The number of carbonyl (C=O) groups excluding carboxylic acids is 1. The van der Waals surface area contributed by atoms with E-state index in [1.165, 1.54) is 0 Å². The summed E-state index contributed by atoms with van der Waals surface area (Å²) in [6, 6.07) is -0.709. The maximum absolute atomic E-state index is 10.7. The first-order valence-electron chi connectivity index (χ1n) is 3.79. The minimum Gasteiger partial charge on any atom is -0.372 e. The normalized spacial score (nSPS) is 11.0. The number of hydrogen-bond acceptors (Lipinski definition) is 5. The number of carbonyl (C=O) groups is 1. The molecule has 0 saturated heterocycles. The molecule has 0 fully saturated rings. The van der Waals surface area contributed by atoms with Gasteiger partial charge in [-0.2, -0.15) is 5.90 Å². The van der Waals surface area contributed by atoms with E-state index < -0.39 is 12.0 Å². The lowest BCUT2D eigenvalue weighted by atomic mass is 10.2. The Balaban J connectivity index is 0. The quantitative estimate of drug-likeness (QED) is 0.188. The molecule has 0 aromatic carbocycles. The highest BCUT2D eigenvalue weighted by atomic mass is 35.5. The zero-order valence-electron chi connectivity index (χ0n) is 7.68. The van der Waals surface area contributed by atoms with Gasteiger partial charge in [0.1, 0.15) is 6.04 Å². The Morgan fingerprint density at radius 3 is 2.43 bits per heavy atom. The van der Waals surface area contributed by atoms with Crippen molar-refractivity contribution in [3.8, 4) is 0 Å². The fourth-order valence-electron chi connectivity index (χ4n) is 0.725. The van der Waals surface area contributed by atoms with Crippen LogP contribution in [0.1, 0.15) is 12.8 Å². The van der Waals surface area contributed by atoms with Crippen molar-refractivity contribution in [2.45, 2.75) is 18.9 Å². The van der Waals surface area contributed by atoms with Gasteiger partial charge in [-0.1, -0.05) is 0 Å². The van der Waals surface area contributed by atoms with Crippen LogP contribution in [0.4, 0.5) is 0 Å². The minimum absolute atomic E-state index is 0. The van der Waals surface area contributed by atoms with Crippen LogP contribution in [0.15, 0.2) is 4.99 Å². The van der Waals surface area contributed by atoms with Crippen molar-refractivity contribution >= 4 is 24.3 Å². The third-order valence-electron chi connectivity index (χ3n) is 1.39. The van der Waals surface area contributed by atoms with E-state index in [0.717, 1.165) is 0 Å². The molecule has 8 N–H and O–H groups in total. The Morgan fingerprint density at radius 2 is 2.00 bits per heavy atom. The molecule has 0 spiro atoms. The molecular weight excluding hydrogens is 210 g/mol. The lowest BCUT2D eigenvalue weighted by Gasteiger charge is -2.06. The summed E-state index contributed by atoms with van der Waals surface area (Å²) >= 11 is 0. The molecule has 0 amide bonds. The first-order chi connectivity index (χ1) is 6.07. The SMILES string of the molecule is Cl.NOC(=O)[C@@H](N)CCCN=C(N)N. The molecule has 0 aromatic heterocycles. The summed E-state index contributed by atoms with van der Waals surface area (Å²) < 4.78 is 0. The van der Waals surface area contributed by atoms with E-state index in [9.17, 15) is 4.79 Å². The maximum Gasteiger partial charge on any atom is 0.341 e. The third-order valence-corrected chi connectivity index (χ3v) is 1.39. The maximum atomic E-state index is 10.7. The summed E-state index contributed by atoms with van der Waals surface area (Å²) in [6.07, 6.45) is 1.04. The van der Waals surface area contributed by atoms with Crippen molar-refractivity contribution in [2.24, 2.45) is 28.1 Å². The summed E-state index contributed by atoms with van der Waals surface area (Å²) in [5.74, 6) is 4.02. The fraction of sp³-hybridized carbons (Fsp3) is 0.667. The van der Waals surface area contributed by atoms with Gasteiger partial charge in [-0.15, -0.1) is 12.4 Å². The Hall–Kier alpha value is -1.05. The molecule has 0 unspecified atom stereocenters. The third kappa shape index (κ3) is 7.59. The van der Waals surface area contributed by atoms with Gasteiger partial charge in [0, 0.05) is 6.54 Å². The van der Waals surface area contributed by atoms with Crippen molar-refractivity contribution in [2.75, 3.05) is 6.54 Å². The molecule has 1 atom stereocenters. The van der Waals surface area contributed by atoms with E-state index in [0.29, 0.717) is 19.4 Å². The molecule has 0 saturated carbocycles. The van der Waals surface area contributed by atoms with Gasteiger partial charge in [-0.05, 0) is 12.8 Å². The predicted molar refractivity (Wildman–Crippen MR) is 55.4 cm³/mol. The lowest BCUT2D eigenvalue weighted by Crippen LogP contribution is -2.34. The van der Waals surface area contributed by atoms with Crippen LogP contribution in [0.25, 0.3) is 0 Å². The number of rotatable bonds is 5. The zero-order chi connectivity index (χ0) is 10.3. The first-order valence-corrected chi connectivity index (χ1v) is 3.79. The average molecular weight is 226 g/mol. The van der Waals surface area contributed by atoms with Gasteiger partial charge in [-0.3, -0.25) is 4.99 Å². The largest absolute Gasteiger partial charge is 0.372 e. The summed E-state index contributed by atoms with van der Waals surface area (Å²) in [6.45, 7) is 0.438. The molecule has 0 bridgehead atoms. The van der Waals surface area contributed by atoms with Crippen molar-refractivity contribution in [3.05, 3.63) is 0 Å². The number of hydrogen-bond donors (Lipinski definition) is 4. The van der Waals surface area contributed by atoms with Crippen LogP contribution in [-0.2, 0) is 9.63 Å². The van der Waals surface area contributed by atoms with Gasteiger partial charge in [0.05, 0.1) is 0 Å². The molecule has 0 radical (unpaired) electrons. The van der Waals surface area contributed by atoms with Gasteiger partial charge in [0.15, 0.2) is 5.96 Å². The molecule has 0 rings (SSSR count). The molecule has 0 heterocycles. The highest BCUT2D eigenvalue weighted by molar-refractivity contribution is 5.85. The van der Waals surface area contributed by atoms with Crippen molar-refractivity contribution < 1.29 is 9.63 Å². The van der Waals surface area contributed by atoms with Crippen LogP contribution >= 0.6 is 12.4 Å². The van der Waals surface area contributed by atoms with Crippen LogP contribution in [0.2, 0.25) is 0 Å². The van der Waals surface area contributed by atoms with Crippen LogP contribution in [0, 0.1) is 0 Å². The van der Waals surface area contributed by atoms with E-state index in [2.05, 4.69) is 15.7 Å². The van der Waals surface area contributed by atoms with Crippen molar-refractivity contribution in [1.29, 1.82) is 0 Å². The number of guanidine groups is 1. The molecular formula is C6H16ClN5O2. The topological polar surface area (TPSA) is 143 Å². The molecule has 7 nitrogen and oxygen atoms in total. The number of halogens is 1. The predicted octanol–water partition coefficient (Wildman–Crippen LogP) is -1.79. The first kappa shape index (κ1) is 15.4. The smallest absolute Gasteiger partial charge is 0.341 e. The average Bonchev–Trinajstić information content (AvgIpc) is 2.10. The fourth-order valence-corrected chi connectivity index (χ4v) is 0.725. The molecule has 0 aliphatic heterocycles.